The van der Waals surface area contributed by atoms with E-state index in [0.717, 1.165) is 24.2 Å². The number of aromatic nitrogens is 1. The third kappa shape index (κ3) is 20.1. The molecule has 4 aromatic carbocycles. The molecule has 6 rings (SSSR count). The number of para-hydroxylation sites is 1. The van der Waals surface area contributed by atoms with Crippen molar-refractivity contribution in [1.82, 2.24) is 20.1 Å². The van der Waals surface area contributed by atoms with Gasteiger partial charge in [-0.2, -0.15) is 26.3 Å². The van der Waals surface area contributed by atoms with Crippen LogP contribution in [0.5, 0.6) is 11.5 Å². The van der Waals surface area contributed by atoms with E-state index in [1.807, 2.05) is 60.7 Å². The van der Waals surface area contributed by atoms with Crippen LogP contribution in [0.15, 0.2) is 108 Å². The maximum atomic E-state index is 12.9. The molecule has 1 aliphatic heterocycles. The minimum absolute atomic E-state index is 0.0195. The van der Waals surface area contributed by atoms with Crippen LogP contribution in [0.3, 0.4) is 0 Å². The van der Waals surface area contributed by atoms with Gasteiger partial charge < -0.3 is 55.3 Å². The summed E-state index contributed by atoms with van der Waals surface area (Å²) in [5.74, 6) is -5.08. The van der Waals surface area contributed by atoms with Crippen LogP contribution in [0.2, 0.25) is 0 Å². The van der Waals surface area contributed by atoms with E-state index in [-0.39, 0.29) is 42.2 Å². The van der Waals surface area contributed by atoms with Gasteiger partial charge in [-0.05, 0) is 73.7 Å². The smallest absolute Gasteiger partial charge is 0.490 e. The average Bonchev–Trinajstić information content (AvgIpc) is 3.35. The van der Waals surface area contributed by atoms with E-state index in [1.54, 1.807) is 42.3 Å². The van der Waals surface area contributed by atoms with Gasteiger partial charge in [0.25, 0.3) is 0 Å². The number of fused-ring (bicyclic) bond motifs is 1. The summed E-state index contributed by atoms with van der Waals surface area (Å²) in [5, 5.41) is 44.7. The normalized spacial score (nSPS) is 13.2. The second kappa shape index (κ2) is 28.5. The van der Waals surface area contributed by atoms with Crippen LogP contribution in [-0.2, 0) is 23.9 Å². The van der Waals surface area contributed by atoms with Gasteiger partial charge in [0.15, 0.2) is 0 Å². The Labute approximate surface area is 419 Å². The number of pyridine rings is 1. The monoisotopic (exact) mass is 1050 g/mol. The first-order valence-electron chi connectivity index (χ1n) is 23.0. The second-order valence-corrected chi connectivity index (χ2v) is 16.5. The molecule has 0 radical (unpaired) electrons. The fourth-order valence-electron chi connectivity index (χ4n) is 7.22. The lowest BCUT2D eigenvalue weighted by Gasteiger charge is -2.31. The first kappa shape index (κ1) is 58.9. The number of hydrogen-bond donors (Lipinski definition) is 8. The lowest BCUT2D eigenvalue weighted by Crippen LogP contribution is -2.40. The molecule has 1 saturated heterocycles. The lowest BCUT2D eigenvalue weighted by molar-refractivity contribution is -0.193. The number of aliphatic hydroxyl groups excluding tert-OH is 1. The van der Waals surface area contributed by atoms with Crippen molar-refractivity contribution in [1.29, 1.82) is 0 Å². The zero-order chi connectivity index (χ0) is 54.4. The molecule has 0 saturated carbocycles. The zero-order valence-corrected chi connectivity index (χ0v) is 39.9. The van der Waals surface area contributed by atoms with E-state index in [1.165, 1.54) is 12.1 Å². The number of rotatable bonds is 19. The topological polar surface area (TPSA) is 260 Å². The predicted octanol–water partition coefficient (Wildman–Crippen LogP) is 7.54. The molecular formula is C50H56F6N6O12. The van der Waals surface area contributed by atoms with Gasteiger partial charge in [0, 0.05) is 81.4 Å². The number of benzene rings is 4. The standard InChI is InChI=1S/C46H54N6O8.2C2HF3O2/c1-51(44(57)23-28-52-26-21-34(22-27-52)60-46(58)49-39-15-6-5-14-36(39)32-10-3-2-4-11-32)25-8-16-42(55)48-33-12-7-13-35(30-33)59-29-9-24-47-31-41(54)37-17-19-40(53)45-38(37)18-20-43(56)50-45;2*3-2(4,5)1(6)7/h2-7,10-15,17-20,30,34,41,47,53-54H,8-9,16,21-29,31H2,1H3,(H,48,55)(H,49,58)(H,50,56);2*(H,6,7)/t41-;;/m0../s1. The van der Waals surface area contributed by atoms with Crippen LogP contribution in [0.25, 0.3) is 22.0 Å². The van der Waals surface area contributed by atoms with Crippen LogP contribution in [0.1, 0.15) is 50.2 Å². The van der Waals surface area contributed by atoms with E-state index < -0.39 is 36.5 Å². The lowest BCUT2D eigenvalue weighted by atomic mass is 10.0. The van der Waals surface area contributed by atoms with Crippen LogP contribution < -0.4 is 26.2 Å². The highest BCUT2D eigenvalue weighted by Crippen LogP contribution is 2.30. The number of aromatic hydroxyl groups is 1. The van der Waals surface area contributed by atoms with E-state index >= 15 is 0 Å². The highest BCUT2D eigenvalue weighted by molar-refractivity contribution is 5.92. The Hall–Kier alpha value is -7.70. The molecule has 3 amide bonds. The van der Waals surface area contributed by atoms with Gasteiger partial charge >= 0.3 is 30.4 Å². The summed E-state index contributed by atoms with van der Waals surface area (Å²) in [4.78, 5) is 74.3. The number of halogens is 6. The number of hydrogen-bond acceptors (Lipinski definition) is 12. The van der Waals surface area contributed by atoms with Gasteiger partial charge in [-0.25, -0.2) is 14.4 Å². The zero-order valence-electron chi connectivity index (χ0n) is 39.9. The Morgan fingerprint density at radius 2 is 1.46 bits per heavy atom. The van der Waals surface area contributed by atoms with Crippen molar-refractivity contribution in [2.45, 2.75) is 63.1 Å². The number of likely N-dealkylation sites (tertiary alicyclic amines) is 1. The number of phenolic OH excluding ortho intramolecular Hbond substituents is 1. The molecule has 0 spiro atoms. The highest BCUT2D eigenvalue weighted by atomic mass is 19.4. The number of carbonyl (C=O) groups is 5. The number of carbonyl (C=O) groups excluding carboxylic acids is 3. The Morgan fingerprint density at radius 3 is 2.12 bits per heavy atom. The van der Waals surface area contributed by atoms with Crippen LogP contribution in [0.4, 0.5) is 42.5 Å². The number of aromatic amines is 1. The molecule has 18 nitrogen and oxygen atoms in total. The van der Waals surface area contributed by atoms with Gasteiger partial charge in [-0.1, -0.05) is 60.7 Å². The molecule has 0 unspecified atom stereocenters. The molecule has 400 valence electrons. The van der Waals surface area contributed by atoms with E-state index in [4.69, 9.17) is 29.3 Å². The van der Waals surface area contributed by atoms with Crippen LogP contribution in [0, 0.1) is 0 Å². The van der Waals surface area contributed by atoms with Crippen molar-refractivity contribution in [3.63, 3.8) is 0 Å². The summed E-state index contributed by atoms with van der Waals surface area (Å²) < 4.78 is 75.1. The minimum Gasteiger partial charge on any atom is -0.506 e. The number of anilines is 2. The molecule has 1 fully saturated rings. The Morgan fingerprint density at radius 1 is 0.811 bits per heavy atom. The maximum Gasteiger partial charge on any atom is 0.490 e. The van der Waals surface area contributed by atoms with Gasteiger partial charge in [0.1, 0.15) is 17.6 Å². The number of nitrogens with zero attached hydrogens (tertiary/aromatic N) is 2. The number of carboxylic acids is 2. The van der Waals surface area contributed by atoms with Gasteiger partial charge in [-0.3, -0.25) is 19.7 Å². The number of H-pyrrole nitrogens is 1. The van der Waals surface area contributed by atoms with Crippen LogP contribution in [-0.4, -0.2) is 136 Å². The number of aliphatic hydroxyl groups is 1. The first-order chi connectivity index (χ1) is 35.0. The Balaban J connectivity index is 0.000000743. The molecule has 1 aliphatic rings. The van der Waals surface area contributed by atoms with Gasteiger partial charge in [0.05, 0.1) is 23.9 Å². The number of amides is 3. The summed E-state index contributed by atoms with van der Waals surface area (Å²) in [7, 11) is 1.76. The molecule has 74 heavy (non-hydrogen) atoms. The number of carboxylic acid groups (broad SMARTS) is 2. The molecule has 2 heterocycles. The van der Waals surface area contributed by atoms with E-state index in [2.05, 4.69) is 25.8 Å². The third-order valence-corrected chi connectivity index (χ3v) is 11.0. The number of alkyl halides is 6. The first-order valence-corrected chi connectivity index (χ1v) is 23.0. The maximum absolute atomic E-state index is 12.9. The SMILES string of the molecule is CN(CCCC(=O)Nc1cccc(OCCCNC[C@H](O)c2ccc(O)c3[nH]c(=O)ccc23)c1)C(=O)CCN1CCC(OC(=O)Nc2ccccc2-c2ccccc2)CC1.O=C(O)C(F)(F)F.O=C(O)C(F)(F)F. The summed E-state index contributed by atoms with van der Waals surface area (Å²) in [6.45, 7) is 3.83. The van der Waals surface area contributed by atoms with Gasteiger partial charge in [-0.15, -0.1) is 0 Å². The molecule has 1 atom stereocenters. The van der Waals surface area contributed by atoms with E-state index in [9.17, 15) is 55.7 Å². The van der Waals surface area contributed by atoms with Crippen molar-refractivity contribution in [2.75, 3.05) is 63.6 Å². The van der Waals surface area contributed by atoms with Crippen molar-refractivity contribution >= 4 is 52.1 Å². The largest absolute Gasteiger partial charge is 0.506 e. The summed E-state index contributed by atoms with van der Waals surface area (Å²) in [5.41, 5.74) is 3.81. The summed E-state index contributed by atoms with van der Waals surface area (Å²) >= 11 is 0. The fourth-order valence-corrected chi connectivity index (χ4v) is 7.22. The number of aliphatic carboxylic acids is 2. The Kier molecular flexibility index (Phi) is 22.7. The molecular weight excluding hydrogens is 991 g/mol. The quantitative estimate of drug-likeness (QED) is 0.0294. The van der Waals surface area contributed by atoms with Gasteiger partial charge in [0.2, 0.25) is 17.4 Å². The highest BCUT2D eigenvalue weighted by Gasteiger charge is 2.39. The number of phenols is 1. The number of ether oxygens (including phenoxy) is 2. The van der Waals surface area contributed by atoms with E-state index in [0.29, 0.717) is 91.9 Å². The fraction of sp³-hybridized carbons (Fsp3) is 0.360. The van der Waals surface area contributed by atoms with Crippen molar-refractivity contribution in [3.8, 4) is 22.6 Å². The summed E-state index contributed by atoms with van der Waals surface area (Å²) in [6, 6.07) is 30.7. The van der Waals surface area contributed by atoms with Crippen molar-refractivity contribution in [3.05, 3.63) is 119 Å². The third-order valence-electron chi connectivity index (χ3n) is 11.0. The predicted molar refractivity (Wildman–Crippen MR) is 260 cm³/mol. The average molecular weight is 1050 g/mol. The van der Waals surface area contributed by atoms with Crippen molar-refractivity contribution in [2.24, 2.45) is 0 Å². The number of piperidine rings is 1. The Bertz CT molecular complexity index is 2680. The summed E-state index contributed by atoms with van der Waals surface area (Å²) in [6.07, 6.45) is -8.47. The number of nitrogens with one attached hydrogen (secondary N) is 4. The van der Waals surface area contributed by atoms with Crippen molar-refractivity contribution < 1.29 is 80.2 Å². The minimum atomic E-state index is -5.08. The van der Waals surface area contributed by atoms with Crippen LogP contribution >= 0.6 is 0 Å². The molecule has 0 aliphatic carbocycles. The molecule has 24 heteroatoms. The second-order valence-electron chi connectivity index (χ2n) is 16.5. The molecule has 0 bridgehead atoms. The molecule has 8 N–H and O–H groups in total. The molecule has 1 aromatic heterocycles. The molecule has 5 aromatic rings.